The lowest BCUT2D eigenvalue weighted by atomic mass is 10.1. The van der Waals surface area contributed by atoms with Gasteiger partial charge in [-0.15, -0.1) is 11.3 Å². The molecule has 24 heavy (non-hydrogen) atoms. The van der Waals surface area contributed by atoms with Crippen LogP contribution in [0, 0.1) is 0 Å². The van der Waals surface area contributed by atoms with Crippen LogP contribution in [0.3, 0.4) is 0 Å². The Hall–Kier alpha value is -1.79. The maximum Gasteiger partial charge on any atom is 0.319 e. The summed E-state index contributed by atoms with van der Waals surface area (Å²) in [7, 11) is 0. The molecule has 0 aliphatic carbocycles. The van der Waals surface area contributed by atoms with Crippen molar-refractivity contribution in [3.05, 3.63) is 63.5 Å². The topological polar surface area (TPSA) is 61.4 Å². The molecule has 2 aromatic carbocycles. The third-order valence-electron chi connectivity index (χ3n) is 3.50. The van der Waals surface area contributed by atoms with Crippen molar-refractivity contribution in [3.63, 3.8) is 0 Å². The van der Waals surface area contributed by atoms with Crippen molar-refractivity contribution < 1.29 is 9.90 Å². The van der Waals surface area contributed by atoms with Gasteiger partial charge in [0.25, 0.3) is 0 Å². The maximum atomic E-state index is 11.9. The molecule has 0 saturated heterocycles. The van der Waals surface area contributed by atoms with Gasteiger partial charge in [-0.3, -0.25) is 0 Å². The number of amides is 2. The first-order valence-corrected chi connectivity index (χ1v) is 8.82. The highest BCUT2D eigenvalue weighted by Gasteiger charge is 2.14. The molecule has 0 radical (unpaired) electrons. The lowest BCUT2D eigenvalue weighted by Gasteiger charge is -2.12. The van der Waals surface area contributed by atoms with E-state index in [-0.39, 0.29) is 6.54 Å². The summed E-state index contributed by atoms with van der Waals surface area (Å²) in [6.07, 6.45) is -0.777. The lowest BCUT2D eigenvalue weighted by Crippen LogP contribution is -2.32. The predicted octanol–water partition coefficient (Wildman–Crippen LogP) is 5.06. The summed E-state index contributed by atoms with van der Waals surface area (Å²) in [6.45, 7) is 0.105. The Morgan fingerprint density at radius 1 is 1.17 bits per heavy atom. The van der Waals surface area contributed by atoms with Gasteiger partial charge in [0.05, 0.1) is 16.1 Å². The highest BCUT2D eigenvalue weighted by atomic mass is 35.5. The first-order chi connectivity index (χ1) is 11.5. The molecule has 1 atom stereocenters. The summed E-state index contributed by atoms with van der Waals surface area (Å²) in [4.78, 5) is 11.9. The molecule has 1 unspecified atom stereocenters. The molecule has 3 rings (SSSR count). The lowest BCUT2D eigenvalue weighted by molar-refractivity contribution is 0.177. The normalized spacial score (nSPS) is 12.1. The Morgan fingerprint density at radius 3 is 2.75 bits per heavy atom. The van der Waals surface area contributed by atoms with Crippen molar-refractivity contribution in [2.45, 2.75) is 6.10 Å². The second-order valence-corrected chi connectivity index (χ2v) is 6.89. The quantitative estimate of drug-likeness (QED) is 0.591. The van der Waals surface area contributed by atoms with Crippen LogP contribution in [0.5, 0.6) is 0 Å². The van der Waals surface area contributed by atoms with Crippen molar-refractivity contribution in [2.75, 3.05) is 11.9 Å². The number of benzene rings is 2. The fraction of sp³-hybridized carbons (Fsp3) is 0.118. The summed E-state index contributed by atoms with van der Waals surface area (Å²) in [5, 5.41) is 19.3. The molecule has 7 heteroatoms. The number of thiophene rings is 1. The molecule has 3 aromatic rings. The van der Waals surface area contributed by atoms with Gasteiger partial charge in [-0.05, 0) is 35.0 Å². The molecular formula is C17H14Cl2N2O2S. The first-order valence-electron chi connectivity index (χ1n) is 7.18. The summed E-state index contributed by atoms with van der Waals surface area (Å²) in [6, 6.07) is 12.2. The van der Waals surface area contributed by atoms with E-state index in [9.17, 15) is 9.90 Å². The van der Waals surface area contributed by atoms with Gasteiger partial charge >= 0.3 is 6.03 Å². The molecule has 1 heterocycles. The highest BCUT2D eigenvalue weighted by Crippen LogP contribution is 2.30. The van der Waals surface area contributed by atoms with E-state index in [1.165, 1.54) is 0 Å². The van der Waals surface area contributed by atoms with Crippen LogP contribution in [0.2, 0.25) is 10.0 Å². The van der Waals surface area contributed by atoms with Crippen molar-refractivity contribution in [2.24, 2.45) is 0 Å². The summed E-state index contributed by atoms with van der Waals surface area (Å²) in [5.74, 6) is 0. The number of fused-ring (bicyclic) bond motifs is 1. The number of aliphatic hydroxyl groups excluding tert-OH is 1. The van der Waals surface area contributed by atoms with Crippen LogP contribution in [0.25, 0.3) is 10.1 Å². The zero-order valence-corrected chi connectivity index (χ0v) is 14.8. The second kappa shape index (κ2) is 7.40. The minimum atomic E-state index is -0.777. The van der Waals surface area contributed by atoms with Gasteiger partial charge in [-0.1, -0.05) is 41.4 Å². The molecule has 2 amide bonds. The van der Waals surface area contributed by atoms with Crippen LogP contribution < -0.4 is 10.6 Å². The second-order valence-electron chi connectivity index (χ2n) is 5.17. The molecule has 4 nitrogen and oxygen atoms in total. The summed E-state index contributed by atoms with van der Waals surface area (Å²) < 4.78 is 1.10. The van der Waals surface area contributed by atoms with E-state index in [4.69, 9.17) is 23.2 Å². The first kappa shape index (κ1) is 17.0. The standard InChI is InChI=1S/C17H14Cl2N2O2S/c18-13-6-5-10(7-14(13)19)21-17(23)20-8-15(22)12-9-24-16-4-2-1-3-11(12)16/h1-7,9,15,22H,8H2,(H2,20,21,23). The van der Waals surface area contributed by atoms with Crippen LogP contribution in [0.1, 0.15) is 11.7 Å². The van der Waals surface area contributed by atoms with E-state index in [1.807, 2.05) is 29.6 Å². The van der Waals surface area contributed by atoms with Crippen LogP contribution >= 0.6 is 34.5 Å². The van der Waals surface area contributed by atoms with E-state index in [0.29, 0.717) is 15.7 Å². The monoisotopic (exact) mass is 380 g/mol. The average molecular weight is 381 g/mol. The van der Waals surface area contributed by atoms with Crippen LogP contribution in [0.15, 0.2) is 47.8 Å². The number of carbonyl (C=O) groups excluding carboxylic acids is 1. The van der Waals surface area contributed by atoms with Crippen molar-refractivity contribution in [1.29, 1.82) is 0 Å². The molecule has 0 bridgehead atoms. The van der Waals surface area contributed by atoms with E-state index in [2.05, 4.69) is 10.6 Å². The van der Waals surface area contributed by atoms with Gasteiger partial charge in [0.15, 0.2) is 0 Å². The fourth-order valence-electron chi connectivity index (χ4n) is 2.30. The van der Waals surface area contributed by atoms with Crippen molar-refractivity contribution in [1.82, 2.24) is 5.32 Å². The third-order valence-corrected chi connectivity index (χ3v) is 5.22. The van der Waals surface area contributed by atoms with Gasteiger partial charge in [0.1, 0.15) is 0 Å². The Kier molecular flexibility index (Phi) is 5.26. The fourth-order valence-corrected chi connectivity index (χ4v) is 3.61. The van der Waals surface area contributed by atoms with Gasteiger partial charge in [-0.2, -0.15) is 0 Å². The van der Waals surface area contributed by atoms with Crippen LogP contribution in [-0.2, 0) is 0 Å². The van der Waals surface area contributed by atoms with Gasteiger partial charge in [0, 0.05) is 22.5 Å². The number of nitrogens with one attached hydrogen (secondary N) is 2. The smallest absolute Gasteiger partial charge is 0.319 e. The highest BCUT2D eigenvalue weighted by molar-refractivity contribution is 7.17. The molecular weight excluding hydrogens is 367 g/mol. The number of urea groups is 1. The predicted molar refractivity (Wildman–Crippen MR) is 100 cm³/mol. The Balaban J connectivity index is 1.60. The number of hydrogen-bond acceptors (Lipinski definition) is 3. The van der Waals surface area contributed by atoms with Gasteiger partial charge in [-0.25, -0.2) is 4.79 Å². The van der Waals surface area contributed by atoms with Gasteiger partial charge < -0.3 is 15.7 Å². The summed E-state index contributed by atoms with van der Waals surface area (Å²) >= 11 is 13.3. The molecule has 0 fully saturated rings. The maximum absolute atomic E-state index is 11.9. The molecule has 0 aliphatic rings. The van der Waals surface area contributed by atoms with Crippen molar-refractivity contribution >= 4 is 56.3 Å². The number of halogens is 2. The molecule has 0 aliphatic heterocycles. The zero-order valence-electron chi connectivity index (χ0n) is 12.4. The minimum absolute atomic E-state index is 0.105. The number of anilines is 1. The molecule has 124 valence electrons. The number of carbonyl (C=O) groups is 1. The van der Waals surface area contributed by atoms with Crippen LogP contribution in [0.4, 0.5) is 10.5 Å². The molecule has 0 spiro atoms. The molecule has 0 saturated carbocycles. The van der Waals surface area contributed by atoms with Gasteiger partial charge in [0.2, 0.25) is 0 Å². The number of aliphatic hydroxyl groups is 1. The average Bonchev–Trinajstić information content (AvgIpc) is 3.00. The largest absolute Gasteiger partial charge is 0.387 e. The molecule has 3 N–H and O–H groups in total. The SMILES string of the molecule is O=C(NCC(O)c1csc2ccccc12)Nc1ccc(Cl)c(Cl)c1. The molecule has 1 aromatic heterocycles. The Labute approximate surface area is 153 Å². The Morgan fingerprint density at radius 2 is 1.96 bits per heavy atom. The Bertz CT molecular complexity index is 882. The minimum Gasteiger partial charge on any atom is -0.387 e. The van der Waals surface area contributed by atoms with E-state index in [1.54, 1.807) is 29.5 Å². The van der Waals surface area contributed by atoms with E-state index in [0.717, 1.165) is 15.6 Å². The third kappa shape index (κ3) is 3.82. The van der Waals surface area contributed by atoms with E-state index < -0.39 is 12.1 Å². The summed E-state index contributed by atoms with van der Waals surface area (Å²) in [5.41, 5.74) is 1.34. The van der Waals surface area contributed by atoms with Crippen LogP contribution in [-0.4, -0.2) is 17.7 Å². The van der Waals surface area contributed by atoms with E-state index >= 15 is 0 Å². The number of hydrogen-bond donors (Lipinski definition) is 3. The number of rotatable bonds is 4. The zero-order chi connectivity index (χ0) is 17.1. The van der Waals surface area contributed by atoms with Crippen molar-refractivity contribution in [3.8, 4) is 0 Å².